The summed E-state index contributed by atoms with van der Waals surface area (Å²) in [5, 5.41) is 0. The lowest BCUT2D eigenvalue weighted by atomic mass is 10.5. The van der Waals surface area contributed by atoms with Gasteiger partial charge in [-0.15, -0.1) is 0 Å². The van der Waals surface area contributed by atoms with Gasteiger partial charge in [-0.2, -0.15) is 0 Å². The van der Waals surface area contributed by atoms with Crippen LogP contribution in [0.3, 0.4) is 0 Å². The smallest absolute Gasteiger partial charge is 0.222 e. The van der Waals surface area contributed by atoms with Crippen molar-refractivity contribution in [2.45, 2.75) is 0 Å². The lowest BCUT2D eigenvalue weighted by Gasteiger charge is -2.08. The molecule has 0 saturated carbocycles. The second-order valence-electron chi connectivity index (χ2n) is 1.95. The highest BCUT2D eigenvalue weighted by atomic mass is 32.1. The first-order chi connectivity index (χ1) is 5.15. The molecule has 0 unspecified atom stereocenters. The topological polar surface area (TPSA) is 81.9 Å². The van der Waals surface area contributed by atoms with Gasteiger partial charge < -0.3 is 16.9 Å². The number of hydrogen-bond acceptors (Lipinski definition) is 5. The van der Waals surface area contributed by atoms with E-state index < -0.39 is 0 Å². The highest BCUT2D eigenvalue weighted by Crippen LogP contribution is 2.04. The summed E-state index contributed by atoms with van der Waals surface area (Å²) in [5.74, 6) is 0.781. The predicted octanol–water partition coefficient (Wildman–Crippen LogP) is -0.0497. The summed E-state index contributed by atoms with van der Waals surface area (Å²) in [6.45, 7) is 0. The molecule has 0 fully saturated rings. The summed E-state index contributed by atoms with van der Waals surface area (Å²) in [5.41, 5.74) is 13.7. The van der Waals surface area contributed by atoms with Crippen LogP contribution in [0.2, 0.25) is 0 Å². The van der Waals surface area contributed by atoms with Gasteiger partial charge in [0.1, 0.15) is 11.6 Å². The van der Waals surface area contributed by atoms with Crippen molar-refractivity contribution in [1.29, 1.82) is 0 Å². The minimum Gasteiger partial charge on any atom is -0.384 e. The molecule has 0 spiro atoms. The maximum Gasteiger partial charge on any atom is 0.222 e. The summed E-state index contributed by atoms with van der Waals surface area (Å²) >= 11 is 4.86. The second-order valence-corrected chi connectivity index (χ2v) is 2.31. The zero-order valence-electron chi connectivity index (χ0n) is 6.03. The van der Waals surface area contributed by atoms with Gasteiger partial charge in [-0.1, -0.05) is 0 Å². The summed E-state index contributed by atoms with van der Waals surface area (Å²) in [6.07, 6.45) is 0. The zero-order chi connectivity index (χ0) is 8.43. The molecule has 0 amide bonds. The Kier molecular flexibility index (Phi) is 1.95. The maximum absolute atomic E-state index is 5.55. The van der Waals surface area contributed by atoms with Crippen LogP contribution in [0.15, 0.2) is 6.07 Å². The van der Waals surface area contributed by atoms with Crippen molar-refractivity contribution >= 4 is 23.9 Å². The molecule has 6 heteroatoms. The van der Waals surface area contributed by atoms with E-state index in [-0.39, 0.29) is 0 Å². The van der Waals surface area contributed by atoms with E-state index in [1.54, 1.807) is 7.05 Å². The first kappa shape index (κ1) is 7.80. The van der Waals surface area contributed by atoms with E-state index in [0.717, 1.165) is 0 Å². The molecule has 60 valence electrons. The van der Waals surface area contributed by atoms with Gasteiger partial charge >= 0.3 is 0 Å². The number of nitrogen functional groups attached to an aromatic ring is 2. The van der Waals surface area contributed by atoms with Gasteiger partial charge in [0.05, 0.1) is 0 Å². The van der Waals surface area contributed by atoms with Crippen LogP contribution < -0.4 is 16.9 Å². The Hall–Kier alpha value is -1.30. The van der Waals surface area contributed by atoms with E-state index in [9.17, 15) is 0 Å². The molecule has 1 rings (SSSR count). The minimum atomic E-state index is 0.324. The minimum absolute atomic E-state index is 0.324. The second kappa shape index (κ2) is 2.75. The Labute approximate surface area is 69.0 Å². The van der Waals surface area contributed by atoms with E-state index in [1.165, 1.54) is 10.7 Å². The maximum atomic E-state index is 5.55. The molecule has 11 heavy (non-hydrogen) atoms. The van der Waals surface area contributed by atoms with Crippen molar-refractivity contribution in [1.82, 2.24) is 9.66 Å². The molecule has 0 saturated heterocycles. The molecule has 5 nitrogen and oxygen atoms in total. The number of nitrogens with two attached hydrogens (primary N) is 2. The Morgan fingerprint density at radius 1 is 1.64 bits per heavy atom. The fourth-order valence-electron chi connectivity index (χ4n) is 0.744. The number of nitrogens with one attached hydrogen (secondary N) is 1. The van der Waals surface area contributed by atoms with Crippen molar-refractivity contribution in [3.63, 3.8) is 0 Å². The van der Waals surface area contributed by atoms with Crippen LogP contribution in [0, 0.1) is 4.77 Å². The normalized spacial score (nSPS) is 9.55. The monoisotopic (exact) mass is 171 g/mol. The molecule has 0 aliphatic heterocycles. The third-order valence-electron chi connectivity index (χ3n) is 1.19. The predicted molar refractivity (Wildman–Crippen MR) is 47.2 cm³/mol. The van der Waals surface area contributed by atoms with Crippen molar-refractivity contribution in [2.24, 2.45) is 0 Å². The summed E-state index contributed by atoms with van der Waals surface area (Å²) in [4.78, 5) is 3.82. The highest BCUT2D eigenvalue weighted by molar-refractivity contribution is 7.71. The molecule has 0 atom stereocenters. The van der Waals surface area contributed by atoms with Crippen LogP contribution in [0.25, 0.3) is 0 Å². The first-order valence-corrected chi connectivity index (χ1v) is 3.39. The zero-order valence-corrected chi connectivity index (χ0v) is 6.85. The summed E-state index contributed by atoms with van der Waals surface area (Å²) in [6, 6.07) is 1.53. The lowest BCUT2D eigenvalue weighted by Crippen LogP contribution is -2.16. The molecule has 1 aromatic rings. The van der Waals surface area contributed by atoms with Crippen LogP contribution in [0.4, 0.5) is 11.6 Å². The van der Waals surface area contributed by atoms with E-state index >= 15 is 0 Å². The van der Waals surface area contributed by atoms with Crippen LogP contribution in [0.1, 0.15) is 0 Å². The largest absolute Gasteiger partial charge is 0.384 e. The van der Waals surface area contributed by atoms with Gasteiger partial charge in [0.2, 0.25) is 4.77 Å². The average molecular weight is 171 g/mol. The van der Waals surface area contributed by atoms with Gasteiger partial charge in [0.15, 0.2) is 0 Å². The van der Waals surface area contributed by atoms with E-state index in [4.69, 9.17) is 23.7 Å². The average Bonchev–Trinajstić information content (AvgIpc) is 1.85. The van der Waals surface area contributed by atoms with Gasteiger partial charge in [-0.25, -0.2) is 9.66 Å². The summed E-state index contributed by atoms with van der Waals surface area (Å²) < 4.78 is 1.79. The van der Waals surface area contributed by atoms with Gasteiger partial charge in [0, 0.05) is 13.1 Å². The Bertz CT molecular complexity index is 317. The number of aromatic nitrogens is 2. The van der Waals surface area contributed by atoms with Crippen molar-refractivity contribution in [2.75, 3.05) is 23.9 Å². The van der Waals surface area contributed by atoms with Crippen LogP contribution in [0.5, 0.6) is 0 Å². The van der Waals surface area contributed by atoms with Crippen molar-refractivity contribution in [3.05, 3.63) is 10.8 Å². The van der Waals surface area contributed by atoms with Gasteiger partial charge in [-0.3, -0.25) is 0 Å². The summed E-state index contributed by atoms with van der Waals surface area (Å²) in [7, 11) is 1.70. The molecular weight excluding hydrogens is 162 g/mol. The molecule has 1 aromatic heterocycles. The van der Waals surface area contributed by atoms with Crippen molar-refractivity contribution < 1.29 is 0 Å². The number of anilines is 2. The van der Waals surface area contributed by atoms with Gasteiger partial charge in [-0.05, 0) is 12.2 Å². The first-order valence-electron chi connectivity index (χ1n) is 2.98. The molecule has 0 radical (unpaired) electrons. The molecule has 5 N–H and O–H groups in total. The Morgan fingerprint density at radius 2 is 2.27 bits per heavy atom. The van der Waals surface area contributed by atoms with Gasteiger partial charge in [0.25, 0.3) is 0 Å². The standard InChI is InChI=1S/C5H9N5S/c1-8-10-4(7)2-3(6)9-5(10)11/h2,8H,7H2,1H3,(H2,6,9,11). The van der Waals surface area contributed by atoms with Crippen LogP contribution in [-0.4, -0.2) is 16.7 Å². The third kappa shape index (κ3) is 1.40. The van der Waals surface area contributed by atoms with E-state index in [0.29, 0.717) is 16.4 Å². The van der Waals surface area contributed by atoms with Crippen molar-refractivity contribution in [3.8, 4) is 0 Å². The van der Waals surface area contributed by atoms with E-state index in [1.807, 2.05) is 0 Å². The lowest BCUT2D eigenvalue weighted by molar-refractivity contribution is 0.872. The van der Waals surface area contributed by atoms with E-state index in [2.05, 4.69) is 10.4 Å². The molecule has 0 bridgehead atoms. The fraction of sp³-hybridized carbons (Fsp3) is 0.200. The SMILES string of the molecule is CNn1c(N)cc(N)nc1=S. The van der Waals surface area contributed by atoms with Crippen LogP contribution in [-0.2, 0) is 0 Å². The number of hydrogen-bond donors (Lipinski definition) is 3. The Balaban J connectivity index is 3.37. The molecular formula is C5H9N5S. The number of rotatable bonds is 1. The Morgan fingerprint density at radius 3 is 2.73 bits per heavy atom. The molecule has 1 heterocycles. The molecule has 0 aromatic carbocycles. The third-order valence-corrected chi connectivity index (χ3v) is 1.47. The molecule has 0 aliphatic carbocycles. The van der Waals surface area contributed by atoms with Crippen LogP contribution >= 0.6 is 12.2 Å². The molecule has 0 aliphatic rings. The quantitative estimate of drug-likeness (QED) is 0.516. The number of nitrogens with zero attached hydrogens (tertiary/aromatic N) is 2. The highest BCUT2D eigenvalue weighted by Gasteiger charge is 1.96. The fourth-order valence-corrected chi connectivity index (χ4v) is 1.05.